The second kappa shape index (κ2) is 7.11. The number of rotatable bonds is 5. The molecule has 1 aromatic carbocycles. The van der Waals surface area contributed by atoms with Crippen molar-refractivity contribution in [2.75, 3.05) is 39.8 Å². The Balaban J connectivity index is 2.19. The second-order valence-corrected chi connectivity index (χ2v) is 5.66. The number of hydrogen-bond acceptors (Lipinski definition) is 5. The first-order valence-corrected chi connectivity index (χ1v) is 7.65. The first-order valence-electron chi connectivity index (χ1n) is 7.65. The van der Waals surface area contributed by atoms with Crippen molar-refractivity contribution >= 4 is 0 Å². The molecule has 21 heavy (non-hydrogen) atoms. The van der Waals surface area contributed by atoms with Gasteiger partial charge < -0.3 is 20.5 Å². The van der Waals surface area contributed by atoms with Gasteiger partial charge in [0.15, 0.2) is 11.5 Å². The maximum Gasteiger partial charge on any atom is 0.160 e. The molecule has 1 heterocycles. The van der Waals surface area contributed by atoms with Crippen LogP contribution >= 0.6 is 0 Å². The third-order valence-electron chi connectivity index (χ3n) is 4.42. The minimum atomic E-state index is 0.161. The summed E-state index contributed by atoms with van der Waals surface area (Å²) in [6.07, 6.45) is 0. The normalized spacial score (nSPS) is 22.2. The number of aromatic hydroxyl groups is 1. The average Bonchev–Trinajstić information content (AvgIpc) is 2.50. The summed E-state index contributed by atoms with van der Waals surface area (Å²) in [5.74, 6) is 0.673. The lowest BCUT2D eigenvalue weighted by Gasteiger charge is -2.43. The average molecular weight is 293 g/mol. The van der Waals surface area contributed by atoms with E-state index in [2.05, 4.69) is 23.6 Å². The van der Waals surface area contributed by atoms with Crippen LogP contribution in [0.3, 0.4) is 0 Å². The lowest BCUT2D eigenvalue weighted by Crippen LogP contribution is -2.53. The Morgan fingerprint density at radius 2 is 2.19 bits per heavy atom. The minimum absolute atomic E-state index is 0.161. The maximum absolute atomic E-state index is 9.74. The first-order chi connectivity index (χ1) is 10.1. The van der Waals surface area contributed by atoms with Crippen molar-refractivity contribution in [1.82, 2.24) is 9.80 Å². The lowest BCUT2D eigenvalue weighted by atomic mass is 10.0. The number of ether oxygens (including phenoxy) is 1. The summed E-state index contributed by atoms with van der Waals surface area (Å²) < 4.78 is 5.21. The van der Waals surface area contributed by atoms with Gasteiger partial charge in [0.25, 0.3) is 0 Å². The molecule has 3 N–H and O–H groups in total. The van der Waals surface area contributed by atoms with Crippen LogP contribution < -0.4 is 10.5 Å². The van der Waals surface area contributed by atoms with E-state index in [9.17, 15) is 5.11 Å². The predicted molar refractivity (Wildman–Crippen MR) is 84.7 cm³/mol. The predicted octanol–water partition coefficient (Wildman–Crippen LogP) is 1.43. The molecule has 2 unspecified atom stereocenters. The van der Waals surface area contributed by atoms with Crippen molar-refractivity contribution in [3.05, 3.63) is 23.8 Å². The van der Waals surface area contributed by atoms with Crippen molar-refractivity contribution in [2.24, 2.45) is 5.73 Å². The first kappa shape index (κ1) is 16.1. The SMILES string of the molecule is CCN1CCN(C(CN)c2ccc(O)c(OC)c2)C(C)C1. The number of piperazine rings is 1. The zero-order valence-corrected chi connectivity index (χ0v) is 13.2. The highest BCUT2D eigenvalue weighted by Crippen LogP contribution is 2.32. The monoisotopic (exact) mass is 293 g/mol. The van der Waals surface area contributed by atoms with Crippen LogP contribution in [0.5, 0.6) is 11.5 Å². The van der Waals surface area contributed by atoms with E-state index in [-0.39, 0.29) is 11.8 Å². The fraction of sp³-hybridized carbons (Fsp3) is 0.625. The Kier molecular flexibility index (Phi) is 5.45. The highest BCUT2D eigenvalue weighted by Gasteiger charge is 2.29. The molecule has 5 nitrogen and oxygen atoms in total. The summed E-state index contributed by atoms with van der Waals surface area (Å²) in [6.45, 7) is 9.27. The second-order valence-electron chi connectivity index (χ2n) is 5.66. The van der Waals surface area contributed by atoms with E-state index in [4.69, 9.17) is 10.5 Å². The Morgan fingerprint density at radius 1 is 1.43 bits per heavy atom. The third-order valence-corrected chi connectivity index (χ3v) is 4.42. The molecule has 0 aromatic heterocycles. The quantitative estimate of drug-likeness (QED) is 0.860. The number of phenols is 1. The van der Waals surface area contributed by atoms with Gasteiger partial charge in [0.1, 0.15) is 0 Å². The van der Waals surface area contributed by atoms with Gasteiger partial charge in [-0.25, -0.2) is 0 Å². The van der Waals surface area contributed by atoms with E-state index in [1.807, 2.05) is 12.1 Å². The summed E-state index contributed by atoms with van der Waals surface area (Å²) >= 11 is 0. The van der Waals surface area contributed by atoms with Crippen molar-refractivity contribution in [1.29, 1.82) is 0 Å². The molecule has 5 heteroatoms. The molecule has 118 valence electrons. The van der Waals surface area contributed by atoms with Crippen LogP contribution in [0.25, 0.3) is 0 Å². The Morgan fingerprint density at radius 3 is 2.76 bits per heavy atom. The standard InChI is InChI=1S/C16H27N3O2/c1-4-18-7-8-19(12(2)11-18)14(10-17)13-5-6-15(20)16(9-13)21-3/h5-6,9,12,14,20H,4,7-8,10-11,17H2,1-3H3. The molecule has 0 spiro atoms. The zero-order valence-electron chi connectivity index (χ0n) is 13.2. The molecule has 1 saturated heterocycles. The lowest BCUT2D eigenvalue weighted by molar-refractivity contribution is 0.0535. The summed E-state index contributed by atoms with van der Waals surface area (Å²) in [5.41, 5.74) is 7.14. The molecule has 1 fully saturated rings. The van der Waals surface area contributed by atoms with E-state index in [1.165, 1.54) is 0 Å². The summed E-state index contributed by atoms with van der Waals surface area (Å²) in [5, 5.41) is 9.74. The van der Waals surface area contributed by atoms with Crippen LogP contribution in [0.1, 0.15) is 25.5 Å². The van der Waals surface area contributed by atoms with Gasteiger partial charge in [-0.3, -0.25) is 4.90 Å². The number of nitrogens with zero attached hydrogens (tertiary/aromatic N) is 2. The largest absolute Gasteiger partial charge is 0.504 e. The molecule has 0 amide bonds. The Bertz CT molecular complexity index is 467. The molecule has 0 saturated carbocycles. The van der Waals surface area contributed by atoms with Gasteiger partial charge in [0, 0.05) is 38.3 Å². The van der Waals surface area contributed by atoms with Gasteiger partial charge in [-0.1, -0.05) is 13.0 Å². The Hall–Kier alpha value is -1.30. The number of phenolic OH excluding ortho intramolecular Hbond substituents is 1. The van der Waals surface area contributed by atoms with E-state index < -0.39 is 0 Å². The van der Waals surface area contributed by atoms with Gasteiger partial charge in [-0.2, -0.15) is 0 Å². The van der Waals surface area contributed by atoms with E-state index >= 15 is 0 Å². The smallest absolute Gasteiger partial charge is 0.160 e. The van der Waals surface area contributed by atoms with Crippen molar-refractivity contribution < 1.29 is 9.84 Å². The molecule has 2 rings (SSSR count). The van der Waals surface area contributed by atoms with Gasteiger partial charge in [-0.05, 0) is 31.2 Å². The molecule has 1 aromatic rings. The highest BCUT2D eigenvalue weighted by molar-refractivity contribution is 5.42. The van der Waals surface area contributed by atoms with E-state index in [0.717, 1.165) is 31.7 Å². The summed E-state index contributed by atoms with van der Waals surface area (Å²) in [4.78, 5) is 4.92. The zero-order chi connectivity index (χ0) is 15.4. The number of benzene rings is 1. The molecule has 0 aliphatic carbocycles. The van der Waals surface area contributed by atoms with E-state index in [1.54, 1.807) is 13.2 Å². The number of methoxy groups -OCH3 is 1. The van der Waals surface area contributed by atoms with Crippen LogP contribution in [-0.2, 0) is 0 Å². The van der Waals surface area contributed by atoms with Crippen molar-refractivity contribution in [2.45, 2.75) is 25.9 Å². The summed E-state index contributed by atoms with van der Waals surface area (Å²) in [6, 6.07) is 6.14. The molecular weight excluding hydrogens is 266 g/mol. The molecule has 1 aliphatic rings. The molecule has 1 aliphatic heterocycles. The molecule has 2 atom stereocenters. The fourth-order valence-electron chi connectivity index (χ4n) is 3.16. The fourth-order valence-corrected chi connectivity index (χ4v) is 3.16. The Labute approximate surface area is 127 Å². The number of likely N-dealkylation sites (N-methyl/N-ethyl adjacent to an activating group) is 1. The van der Waals surface area contributed by atoms with Crippen LogP contribution in [0.15, 0.2) is 18.2 Å². The van der Waals surface area contributed by atoms with Crippen LogP contribution in [0, 0.1) is 0 Å². The van der Waals surface area contributed by atoms with Crippen LogP contribution in [-0.4, -0.2) is 60.8 Å². The molecule has 0 bridgehead atoms. The third kappa shape index (κ3) is 3.48. The van der Waals surface area contributed by atoms with Crippen LogP contribution in [0.2, 0.25) is 0 Å². The van der Waals surface area contributed by atoms with Crippen LogP contribution in [0.4, 0.5) is 0 Å². The summed E-state index contributed by atoms with van der Waals surface area (Å²) in [7, 11) is 1.57. The number of nitrogens with two attached hydrogens (primary N) is 1. The van der Waals surface area contributed by atoms with Gasteiger partial charge >= 0.3 is 0 Å². The van der Waals surface area contributed by atoms with E-state index in [0.29, 0.717) is 18.3 Å². The maximum atomic E-state index is 9.74. The van der Waals surface area contributed by atoms with Crippen molar-refractivity contribution in [3.63, 3.8) is 0 Å². The number of hydrogen-bond donors (Lipinski definition) is 2. The molecule has 0 radical (unpaired) electrons. The highest BCUT2D eigenvalue weighted by atomic mass is 16.5. The van der Waals surface area contributed by atoms with Crippen molar-refractivity contribution in [3.8, 4) is 11.5 Å². The minimum Gasteiger partial charge on any atom is -0.504 e. The topological polar surface area (TPSA) is 62.0 Å². The van der Waals surface area contributed by atoms with Gasteiger partial charge in [0.05, 0.1) is 7.11 Å². The van der Waals surface area contributed by atoms with Gasteiger partial charge in [0.2, 0.25) is 0 Å². The molecular formula is C16H27N3O2. The van der Waals surface area contributed by atoms with Gasteiger partial charge in [-0.15, -0.1) is 0 Å².